The SMILES string of the molecule is CCSNc1ccc(OC2C3CC4CC(C3)CC2C4)c(-c2cn(C)c(=O)c3[nH]ccc23)c1. The van der Waals surface area contributed by atoms with Crippen LogP contribution >= 0.6 is 11.9 Å². The van der Waals surface area contributed by atoms with Crippen molar-refractivity contribution >= 4 is 28.5 Å². The van der Waals surface area contributed by atoms with Crippen LogP contribution in [0.1, 0.15) is 39.0 Å². The minimum Gasteiger partial charge on any atom is -0.489 e. The van der Waals surface area contributed by atoms with Crippen molar-refractivity contribution in [1.29, 1.82) is 0 Å². The van der Waals surface area contributed by atoms with E-state index < -0.39 is 0 Å². The Bertz CT molecular complexity index is 1190. The minimum atomic E-state index is -0.00641. The highest BCUT2D eigenvalue weighted by Crippen LogP contribution is 2.55. The van der Waals surface area contributed by atoms with Gasteiger partial charge in [-0.1, -0.05) is 18.9 Å². The number of H-pyrrole nitrogens is 1. The van der Waals surface area contributed by atoms with Crippen LogP contribution in [0.4, 0.5) is 5.69 Å². The van der Waals surface area contributed by atoms with Crippen LogP contribution in [0.5, 0.6) is 5.75 Å². The van der Waals surface area contributed by atoms with Gasteiger partial charge in [0.25, 0.3) is 5.56 Å². The number of fused-ring (bicyclic) bond motifs is 1. The summed E-state index contributed by atoms with van der Waals surface area (Å²) in [6, 6.07) is 8.43. The predicted octanol–water partition coefficient (Wildman–Crippen LogP) is 5.82. The standard InChI is InChI=1S/C26H31N3O2S/c1-3-32-28-19-4-5-23(31-25-17-9-15-8-16(11-17)12-18(25)10-15)21(13-19)22-14-29(2)26(30)24-20(22)6-7-27-24/h4-7,13-18,25,27-28H,3,8-12H2,1-2H3. The molecule has 2 N–H and O–H groups in total. The van der Waals surface area contributed by atoms with Crippen LogP contribution in [0, 0.1) is 23.7 Å². The molecule has 5 nitrogen and oxygen atoms in total. The van der Waals surface area contributed by atoms with E-state index in [4.69, 9.17) is 4.74 Å². The van der Waals surface area contributed by atoms with Gasteiger partial charge < -0.3 is 19.0 Å². The van der Waals surface area contributed by atoms with Crippen LogP contribution in [0.3, 0.4) is 0 Å². The second-order valence-corrected chi connectivity index (χ2v) is 11.1. The smallest absolute Gasteiger partial charge is 0.274 e. The van der Waals surface area contributed by atoms with Crippen LogP contribution in [0.25, 0.3) is 22.0 Å². The van der Waals surface area contributed by atoms with Crippen molar-refractivity contribution in [2.24, 2.45) is 30.7 Å². The highest BCUT2D eigenvalue weighted by molar-refractivity contribution is 8.00. The van der Waals surface area contributed by atoms with Gasteiger partial charge in [0.2, 0.25) is 0 Å². The van der Waals surface area contributed by atoms with Crippen LogP contribution in [0.2, 0.25) is 0 Å². The number of hydrogen-bond acceptors (Lipinski definition) is 4. The van der Waals surface area contributed by atoms with Crippen LogP contribution in [-0.2, 0) is 7.05 Å². The average Bonchev–Trinajstić information content (AvgIpc) is 3.27. The van der Waals surface area contributed by atoms with E-state index in [9.17, 15) is 4.79 Å². The zero-order chi connectivity index (χ0) is 21.8. The van der Waals surface area contributed by atoms with Gasteiger partial charge in [-0.15, -0.1) is 0 Å². The number of rotatable bonds is 6. The molecular formula is C26H31N3O2S. The number of aromatic amines is 1. The van der Waals surface area contributed by atoms with E-state index in [-0.39, 0.29) is 5.56 Å². The van der Waals surface area contributed by atoms with Crippen molar-refractivity contribution < 1.29 is 4.74 Å². The summed E-state index contributed by atoms with van der Waals surface area (Å²) < 4.78 is 12.0. The predicted molar refractivity (Wildman–Crippen MR) is 132 cm³/mol. The largest absolute Gasteiger partial charge is 0.489 e. The summed E-state index contributed by atoms with van der Waals surface area (Å²) in [5, 5.41) is 0.948. The minimum absolute atomic E-state index is 0.00641. The summed E-state index contributed by atoms with van der Waals surface area (Å²) in [5.74, 6) is 5.18. The second-order valence-electron chi connectivity index (χ2n) is 9.98. The third-order valence-electron chi connectivity index (χ3n) is 7.90. The van der Waals surface area contributed by atoms with Gasteiger partial charge in [0.15, 0.2) is 0 Å². The fourth-order valence-corrected chi connectivity index (χ4v) is 7.20. The molecule has 32 heavy (non-hydrogen) atoms. The molecule has 7 rings (SSSR count). The van der Waals surface area contributed by atoms with E-state index in [0.717, 1.165) is 45.5 Å². The normalized spacial score (nSPS) is 28.4. The number of pyridine rings is 1. The van der Waals surface area contributed by atoms with Gasteiger partial charge in [0, 0.05) is 47.4 Å². The van der Waals surface area contributed by atoms with E-state index in [1.165, 1.54) is 32.1 Å². The van der Waals surface area contributed by atoms with E-state index in [2.05, 4.69) is 34.8 Å². The lowest BCUT2D eigenvalue weighted by molar-refractivity contribution is -0.0787. The van der Waals surface area contributed by atoms with Gasteiger partial charge in [-0.05, 0) is 80.0 Å². The molecule has 0 aliphatic heterocycles. The number of hydrogen-bond donors (Lipinski definition) is 2. The molecule has 6 heteroatoms. The van der Waals surface area contributed by atoms with Crippen molar-refractivity contribution in [2.45, 2.75) is 45.1 Å². The number of nitrogens with one attached hydrogen (secondary N) is 2. The average molecular weight is 450 g/mol. The fraction of sp³-hybridized carbons (Fsp3) is 0.500. The summed E-state index contributed by atoms with van der Waals surface area (Å²) in [4.78, 5) is 15.8. The molecule has 3 aromatic rings. The fourth-order valence-electron chi connectivity index (χ4n) is 6.76. The van der Waals surface area contributed by atoms with Gasteiger partial charge in [-0.25, -0.2) is 0 Å². The zero-order valence-corrected chi connectivity index (χ0v) is 19.6. The molecule has 0 saturated heterocycles. The molecule has 4 aliphatic rings. The Kier molecular flexibility index (Phi) is 5.01. The van der Waals surface area contributed by atoms with Crippen LogP contribution < -0.4 is 15.0 Å². The molecular weight excluding hydrogens is 418 g/mol. The molecule has 1 aromatic carbocycles. The molecule has 2 aromatic heterocycles. The first-order valence-electron chi connectivity index (χ1n) is 12.0. The maximum Gasteiger partial charge on any atom is 0.274 e. The van der Waals surface area contributed by atoms with Crippen molar-refractivity contribution in [1.82, 2.24) is 9.55 Å². The molecule has 0 unspecified atom stereocenters. The molecule has 0 spiro atoms. The summed E-state index contributed by atoms with van der Waals surface area (Å²) in [5.41, 5.74) is 3.79. The van der Waals surface area contributed by atoms with Gasteiger partial charge in [0.1, 0.15) is 17.4 Å². The molecule has 0 radical (unpaired) electrons. The third-order valence-corrected chi connectivity index (χ3v) is 8.57. The summed E-state index contributed by atoms with van der Waals surface area (Å²) in [7, 11) is 1.82. The Balaban J connectivity index is 1.43. The number of aryl methyl sites for hydroxylation is 1. The molecule has 4 aliphatic carbocycles. The molecule has 4 saturated carbocycles. The maximum atomic E-state index is 12.6. The number of ether oxygens (including phenoxy) is 1. The Hall–Kier alpha value is -2.34. The highest BCUT2D eigenvalue weighted by atomic mass is 32.2. The molecule has 0 atom stereocenters. The number of nitrogens with zero attached hydrogens (tertiary/aromatic N) is 1. The quantitative estimate of drug-likeness (QED) is 0.466. The number of benzene rings is 1. The lowest BCUT2D eigenvalue weighted by atomic mass is 9.55. The van der Waals surface area contributed by atoms with Crippen molar-refractivity contribution in [3.63, 3.8) is 0 Å². The Morgan fingerprint density at radius 1 is 1.09 bits per heavy atom. The van der Waals surface area contributed by atoms with Crippen molar-refractivity contribution in [2.75, 3.05) is 10.5 Å². The van der Waals surface area contributed by atoms with Gasteiger partial charge in [-0.3, -0.25) is 4.79 Å². The van der Waals surface area contributed by atoms with E-state index >= 15 is 0 Å². The second kappa shape index (κ2) is 7.91. The first-order chi connectivity index (χ1) is 15.6. The number of anilines is 1. The Morgan fingerprint density at radius 3 is 2.56 bits per heavy atom. The topological polar surface area (TPSA) is 59.0 Å². The monoisotopic (exact) mass is 449 g/mol. The van der Waals surface area contributed by atoms with E-state index in [1.807, 2.05) is 25.5 Å². The Labute approximate surface area is 193 Å². The molecule has 168 valence electrons. The van der Waals surface area contributed by atoms with Gasteiger partial charge >= 0.3 is 0 Å². The molecule has 0 amide bonds. The first-order valence-corrected chi connectivity index (χ1v) is 12.9. The summed E-state index contributed by atoms with van der Waals surface area (Å²) in [6.45, 7) is 2.14. The van der Waals surface area contributed by atoms with Gasteiger partial charge in [0.05, 0.1) is 0 Å². The lowest BCUT2D eigenvalue weighted by Gasteiger charge is -2.53. The summed E-state index contributed by atoms with van der Waals surface area (Å²) >= 11 is 1.68. The van der Waals surface area contributed by atoms with Crippen LogP contribution in [-0.4, -0.2) is 21.4 Å². The molecule has 4 fully saturated rings. The zero-order valence-electron chi connectivity index (χ0n) is 18.8. The first kappa shape index (κ1) is 20.3. The number of aromatic nitrogens is 2. The van der Waals surface area contributed by atoms with Gasteiger partial charge in [-0.2, -0.15) is 0 Å². The highest BCUT2D eigenvalue weighted by Gasteiger charge is 2.49. The molecule has 4 bridgehead atoms. The van der Waals surface area contributed by atoms with E-state index in [0.29, 0.717) is 23.5 Å². The summed E-state index contributed by atoms with van der Waals surface area (Å²) in [6.07, 6.45) is 10.9. The van der Waals surface area contributed by atoms with Crippen LogP contribution in [0.15, 0.2) is 41.5 Å². The molecule has 2 heterocycles. The Morgan fingerprint density at radius 2 is 1.84 bits per heavy atom. The lowest BCUT2D eigenvalue weighted by Crippen LogP contribution is -2.50. The van der Waals surface area contributed by atoms with Crippen molar-refractivity contribution in [3.8, 4) is 16.9 Å². The van der Waals surface area contributed by atoms with E-state index in [1.54, 1.807) is 16.5 Å². The van der Waals surface area contributed by atoms with Crippen molar-refractivity contribution in [3.05, 3.63) is 47.0 Å². The third kappa shape index (κ3) is 3.35. The maximum absolute atomic E-state index is 12.6.